The summed E-state index contributed by atoms with van der Waals surface area (Å²) >= 11 is 0. The van der Waals surface area contributed by atoms with Crippen molar-refractivity contribution in [1.29, 1.82) is 0 Å². The molecule has 0 aliphatic heterocycles. The molecule has 184 valence electrons. The lowest BCUT2D eigenvalue weighted by Crippen LogP contribution is -2.55. The van der Waals surface area contributed by atoms with Gasteiger partial charge in [0.25, 0.3) is 0 Å². The van der Waals surface area contributed by atoms with E-state index in [1.807, 2.05) is 52.0 Å². The van der Waals surface area contributed by atoms with Crippen LogP contribution in [0.5, 0.6) is 0 Å². The van der Waals surface area contributed by atoms with Gasteiger partial charge in [0.05, 0.1) is 24.7 Å². The first-order valence-corrected chi connectivity index (χ1v) is 11.8. The van der Waals surface area contributed by atoms with E-state index in [0.717, 1.165) is 5.56 Å². The van der Waals surface area contributed by atoms with E-state index in [9.17, 15) is 19.5 Å². The van der Waals surface area contributed by atoms with Gasteiger partial charge in [0.1, 0.15) is 5.92 Å². The van der Waals surface area contributed by atoms with Crippen molar-refractivity contribution in [3.05, 3.63) is 35.4 Å². The molecule has 0 saturated heterocycles. The third-order valence-corrected chi connectivity index (χ3v) is 6.05. The molecule has 4 atom stereocenters. The summed E-state index contributed by atoms with van der Waals surface area (Å²) in [6.45, 7) is 15.8. The normalized spacial score (nSPS) is 25.9. The average molecular weight is 461 g/mol. The van der Waals surface area contributed by atoms with E-state index in [1.54, 1.807) is 0 Å². The number of esters is 2. The molecule has 0 radical (unpaired) electrons. The van der Waals surface area contributed by atoms with Crippen LogP contribution in [-0.4, -0.2) is 41.6 Å². The Labute approximate surface area is 198 Å². The number of aliphatic hydroxyl groups is 1. The highest BCUT2D eigenvalue weighted by molar-refractivity contribution is 6.02. The van der Waals surface area contributed by atoms with Crippen LogP contribution in [0.25, 0.3) is 0 Å². The minimum absolute atomic E-state index is 0.0857. The molecule has 1 aliphatic rings. The zero-order valence-electron chi connectivity index (χ0n) is 21.3. The number of benzene rings is 1. The number of hydrogen-bond acceptors (Lipinski definition) is 6. The third kappa shape index (κ3) is 6.66. The second kappa shape index (κ2) is 10.4. The molecule has 1 aromatic rings. The number of rotatable bonds is 7. The highest BCUT2D eigenvalue weighted by Crippen LogP contribution is 2.47. The molecule has 0 aromatic heterocycles. The maximum Gasteiger partial charge on any atom is 0.317 e. The van der Waals surface area contributed by atoms with Crippen molar-refractivity contribution in [1.82, 2.24) is 0 Å². The van der Waals surface area contributed by atoms with Crippen LogP contribution in [0.15, 0.2) is 24.3 Å². The first-order valence-electron chi connectivity index (χ1n) is 11.8. The lowest BCUT2D eigenvalue weighted by atomic mass is 9.61. The van der Waals surface area contributed by atoms with Gasteiger partial charge in [-0.15, -0.1) is 0 Å². The first kappa shape index (κ1) is 27.0. The van der Waals surface area contributed by atoms with Gasteiger partial charge < -0.3 is 14.6 Å². The molecule has 0 heterocycles. The van der Waals surface area contributed by atoms with Crippen LogP contribution in [0.4, 0.5) is 0 Å². The second-order valence-corrected chi connectivity index (χ2v) is 11.4. The third-order valence-electron chi connectivity index (χ3n) is 6.05. The van der Waals surface area contributed by atoms with Crippen LogP contribution in [0.2, 0.25) is 0 Å². The Morgan fingerprint density at radius 1 is 1.00 bits per heavy atom. The number of carbonyl (C=O) groups is 3. The lowest BCUT2D eigenvalue weighted by Gasteiger charge is -2.43. The van der Waals surface area contributed by atoms with Gasteiger partial charge in [-0.3, -0.25) is 14.4 Å². The van der Waals surface area contributed by atoms with Crippen LogP contribution in [0, 0.1) is 23.7 Å². The van der Waals surface area contributed by atoms with E-state index in [4.69, 9.17) is 9.47 Å². The van der Waals surface area contributed by atoms with E-state index in [-0.39, 0.29) is 36.9 Å². The molecule has 1 N–H and O–H groups in total. The fourth-order valence-corrected chi connectivity index (χ4v) is 4.30. The monoisotopic (exact) mass is 460 g/mol. The standard InChI is InChI=1S/C27H40O6/c1-16(2)14-32-24(29)22-20(28)13-27(8,31)23(25(30)33-15-17(3)4)21(22)18-9-11-19(12-10-18)26(5,6)7/h9-12,16-17,21-23,31H,13-15H2,1-8H3/t21-,22+,23+,27-/m1/s1. The number of hydrogen-bond donors (Lipinski definition) is 1. The number of Topliss-reactive ketones (excluding diaryl/α,β-unsaturated/α-hetero) is 1. The van der Waals surface area contributed by atoms with Crippen molar-refractivity contribution in [3.8, 4) is 0 Å². The van der Waals surface area contributed by atoms with Gasteiger partial charge in [0.15, 0.2) is 5.78 Å². The summed E-state index contributed by atoms with van der Waals surface area (Å²) in [7, 11) is 0. The molecule has 1 aliphatic carbocycles. The van der Waals surface area contributed by atoms with Crippen LogP contribution < -0.4 is 0 Å². The molecule has 1 saturated carbocycles. The fourth-order valence-electron chi connectivity index (χ4n) is 4.30. The number of ketones is 1. The molecule has 0 unspecified atom stereocenters. The van der Waals surface area contributed by atoms with E-state index in [1.165, 1.54) is 6.92 Å². The van der Waals surface area contributed by atoms with Crippen LogP contribution in [0.1, 0.15) is 78.9 Å². The summed E-state index contributed by atoms with van der Waals surface area (Å²) < 4.78 is 11.0. The van der Waals surface area contributed by atoms with Crippen molar-refractivity contribution in [2.45, 2.75) is 78.7 Å². The van der Waals surface area contributed by atoms with Gasteiger partial charge in [-0.25, -0.2) is 0 Å². The van der Waals surface area contributed by atoms with E-state index in [0.29, 0.717) is 5.56 Å². The smallest absolute Gasteiger partial charge is 0.317 e. The molecule has 6 nitrogen and oxygen atoms in total. The fraction of sp³-hybridized carbons (Fsp3) is 0.667. The summed E-state index contributed by atoms with van der Waals surface area (Å²) in [5, 5.41) is 11.2. The van der Waals surface area contributed by atoms with Crippen molar-refractivity contribution in [2.75, 3.05) is 13.2 Å². The zero-order chi connectivity index (χ0) is 25.1. The Morgan fingerprint density at radius 3 is 1.94 bits per heavy atom. The minimum atomic E-state index is -1.65. The SMILES string of the molecule is CC(C)COC(=O)[C@H]1C(=O)C[C@@](C)(O)[C@H](C(=O)OCC(C)C)[C@@H]1c1ccc(C(C)(C)C)cc1. The Hall–Kier alpha value is -2.21. The highest BCUT2D eigenvalue weighted by atomic mass is 16.5. The van der Waals surface area contributed by atoms with Crippen molar-refractivity contribution in [3.63, 3.8) is 0 Å². The Balaban J connectivity index is 2.56. The van der Waals surface area contributed by atoms with E-state index >= 15 is 0 Å². The summed E-state index contributed by atoms with van der Waals surface area (Å²) in [4.78, 5) is 39.4. The Morgan fingerprint density at radius 2 is 1.48 bits per heavy atom. The molecular weight excluding hydrogens is 420 g/mol. The largest absolute Gasteiger partial charge is 0.465 e. The molecule has 0 bridgehead atoms. The topological polar surface area (TPSA) is 89.9 Å². The number of ether oxygens (including phenoxy) is 2. The van der Waals surface area contributed by atoms with E-state index in [2.05, 4.69) is 20.8 Å². The lowest BCUT2D eigenvalue weighted by molar-refractivity contribution is -0.173. The Bertz CT molecular complexity index is 844. The van der Waals surface area contributed by atoms with Crippen LogP contribution >= 0.6 is 0 Å². The van der Waals surface area contributed by atoms with Gasteiger partial charge in [-0.1, -0.05) is 72.7 Å². The Kier molecular flexibility index (Phi) is 8.50. The predicted molar refractivity (Wildman–Crippen MR) is 127 cm³/mol. The highest BCUT2D eigenvalue weighted by Gasteiger charge is 2.57. The predicted octanol–water partition coefficient (Wildman–Crippen LogP) is 4.42. The van der Waals surface area contributed by atoms with Gasteiger partial charge in [-0.2, -0.15) is 0 Å². The maximum atomic E-state index is 13.2. The molecule has 0 amide bonds. The molecule has 33 heavy (non-hydrogen) atoms. The van der Waals surface area contributed by atoms with Crippen LogP contribution in [-0.2, 0) is 29.3 Å². The summed E-state index contributed by atoms with van der Waals surface area (Å²) in [5.41, 5.74) is -0.0161. The number of carbonyl (C=O) groups excluding carboxylic acids is 3. The minimum Gasteiger partial charge on any atom is -0.465 e. The molecule has 2 rings (SSSR count). The van der Waals surface area contributed by atoms with Crippen molar-refractivity contribution >= 4 is 17.7 Å². The van der Waals surface area contributed by atoms with Gasteiger partial charge in [0.2, 0.25) is 0 Å². The molecule has 6 heteroatoms. The quantitative estimate of drug-likeness (QED) is 0.478. The van der Waals surface area contributed by atoms with Gasteiger partial charge >= 0.3 is 11.9 Å². The summed E-state index contributed by atoms with van der Waals surface area (Å²) in [5.74, 6) is -4.61. The van der Waals surface area contributed by atoms with Gasteiger partial charge in [-0.05, 0) is 35.3 Å². The zero-order valence-corrected chi connectivity index (χ0v) is 21.3. The van der Waals surface area contributed by atoms with Gasteiger partial charge in [0, 0.05) is 12.3 Å². The molecule has 1 aromatic carbocycles. The molecule has 1 fully saturated rings. The molecule has 0 spiro atoms. The second-order valence-electron chi connectivity index (χ2n) is 11.4. The maximum absolute atomic E-state index is 13.2. The summed E-state index contributed by atoms with van der Waals surface area (Å²) in [6.07, 6.45) is -0.313. The van der Waals surface area contributed by atoms with Crippen molar-refractivity contribution in [2.24, 2.45) is 23.7 Å². The van der Waals surface area contributed by atoms with Crippen LogP contribution in [0.3, 0.4) is 0 Å². The molecular formula is C27H40O6. The average Bonchev–Trinajstić information content (AvgIpc) is 2.68. The van der Waals surface area contributed by atoms with E-state index < -0.39 is 41.1 Å². The first-order chi connectivity index (χ1) is 15.1. The summed E-state index contributed by atoms with van der Waals surface area (Å²) in [6, 6.07) is 7.56. The van der Waals surface area contributed by atoms with Crippen molar-refractivity contribution < 1.29 is 29.0 Å².